The number of hydrogen-bond acceptors (Lipinski definition) is 5. The van der Waals surface area contributed by atoms with Crippen molar-refractivity contribution in [2.24, 2.45) is 0 Å². The number of sulfonamides is 1. The standard InChI is InChI=1S/C14H13N3O5S/c18-13-7-14(19)17-12-6-10(3-4-11(12)16-13)23(20,21)15-8-9-2-1-5-22-9/h1-6,15H,7-8H2,(H,16,18)(H,17,19). The summed E-state index contributed by atoms with van der Waals surface area (Å²) in [5.74, 6) is -0.476. The molecule has 120 valence electrons. The number of furan rings is 1. The van der Waals surface area contributed by atoms with Gasteiger partial charge >= 0.3 is 0 Å². The van der Waals surface area contributed by atoms with Crippen LogP contribution in [0.15, 0.2) is 45.9 Å². The van der Waals surface area contributed by atoms with E-state index >= 15 is 0 Å². The normalized spacial score (nSPS) is 14.6. The first kappa shape index (κ1) is 15.3. The third kappa shape index (κ3) is 3.41. The van der Waals surface area contributed by atoms with Crippen LogP contribution >= 0.6 is 0 Å². The molecule has 0 spiro atoms. The Hall–Kier alpha value is -2.65. The van der Waals surface area contributed by atoms with Crippen molar-refractivity contribution in [2.45, 2.75) is 17.9 Å². The summed E-state index contributed by atoms with van der Waals surface area (Å²) in [6, 6.07) is 7.38. The van der Waals surface area contributed by atoms with Gasteiger partial charge in [0.25, 0.3) is 0 Å². The lowest BCUT2D eigenvalue weighted by Crippen LogP contribution is -2.23. The van der Waals surface area contributed by atoms with Crippen LogP contribution in [0.2, 0.25) is 0 Å². The molecule has 2 amide bonds. The first-order valence-electron chi connectivity index (χ1n) is 6.70. The largest absolute Gasteiger partial charge is 0.468 e. The number of carbonyl (C=O) groups excluding carboxylic acids is 2. The van der Waals surface area contributed by atoms with Crippen LogP contribution in [0, 0.1) is 0 Å². The molecular formula is C14H13N3O5S. The summed E-state index contributed by atoms with van der Waals surface area (Å²) in [6.07, 6.45) is 1.14. The van der Waals surface area contributed by atoms with Crippen molar-refractivity contribution in [3.8, 4) is 0 Å². The zero-order chi connectivity index (χ0) is 16.4. The van der Waals surface area contributed by atoms with Gasteiger partial charge in [-0.25, -0.2) is 13.1 Å². The number of benzene rings is 1. The van der Waals surface area contributed by atoms with Gasteiger partial charge in [-0.2, -0.15) is 0 Å². The summed E-state index contributed by atoms with van der Waals surface area (Å²) in [4.78, 5) is 23.0. The molecule has 1 aromatic heterocycles. The molecule has 9 heteroatoms. The number of anilines is 2. The van der Waals surface area contributed by atoms with Gasteiger partial charge in [-0.3, -0.25) is 9.59 Å². The highest BCUT2D eigenvalue weighted by Gasteiger charge is 2.21. The summed E-state index contributed by atoms with van der Waals surface area (Å²) in [7, 11) is -3.79. The smallest absolute Gasteiger partial charge is 0.241 e. The first-order valence-corrected chi connectivity index (χ1v) is 8.18. The zero-order valence-electron chi connectivity index (χ0n) is 11.8. The van der Waals surface area contributed by atoms with Crippen molar-refractivity contribution < 1.29 is 22.4 Å². The van der Waals surface area contributed by atoms with Gasteiger partial charge < -0.3 is 15.1 Å². The lowest BCUT2D eigenvalue weighted by atomic mass is 10.2. The van der Waals surface area contributed by atoms with Crippen molar-refractivity contribution in [2.75, 3.05) is 10.6 Å². The maximum absolute atomic E-state index is 12.3. The predicted octanol–water partition coefficient (Wildman–Crippen LogP) is 1.04. The van der Waals surface area contributed by atoms with E-state index in [4.69, 9.17) is 4.42 Å². The van der Waals surface area contributed by atoms with E-state index in [0.29, 0.717) is 11.4 Å². The minimum Gasteiger partial charge on any atom is -0.468 e. The zero-order valence-corrected chi connectivity index (χ0v) is 12.6. The van der Waals surface area contributed by atoms with Crippen molar-refractivity contribution in [1.82, 2.24) is 4.72 Å². The Balaban J connectivity index is 1.85. The summed E-state index contributed by atoms with van der Waals surface area (Å²) >= 11 is 0. The van der Waals surface area contributed by atoms with Gasteiger partial charge in [0.1, 0.15) is 12.2 Å². The number of nitrogens with one attached hydrogen (secondary N) is 3. The minimum atomic E-state index is -3.79. The van der Waals surface area contributed by atoms with Crippen LogP contribution in [0.25, 0.3) is 0 Å². The van der Waals surface area contributed by atoms with Gasteiger partial charge in [-0.1, -0.05) is 0 Å². The summed E-state index contributed by atoms with van der Waals surface area (Å²) in [5.41, 5.74) is 0.590. The van der Waals surface area contributed by atoms with Gasteiger partial charge in [0, 0.05) is 0 Å². The molecule has 3 N–H and O–H groups in total. The Morgan fingerprint density at radius 2 is 1.83 bits per heavy atom. The van der Waals surface area contributed by atoms with Crippen molar-refractivity contribution in [1.29, 1.82) is 0 Å². The Morgan fingerprint density at radius 3 is 2.52 bits per heavy atom. The van der Waals surface area contributed by atoms with Crippen LogP contribution in [0.3, 0.4) is 0 Å². The van der Waals surface area contributed by atoms with E-state index in [1.54, 1.807) is 12.1 Å². The van der Waals surface area contributed by atoms with Crippen molar-refractivity contribution in [3.05, 3.63) is 42.4 Å². The Labute approximate surface area is 131 Å². The van der Waals surface area contributed by atoms with Crippen LogP contribution in [0.5, 0.6) is 0 Å². The summed E-state index contributed by atoms with van der Waals surface area (Å²) in [5, 5.41) is 5.04. The second-order valence-electron chi connectivity index (χ2n) is 4.88. The van der Waals surface area contributed by atoms with E-state index < -0.39 is 21.8 Å². The molecular weight excluding hydrogens is 322 g/mol. The monoisotopic (exact) mass is 335 g/mol. The number of hydrogen-bond donors (Lipinski definition) is 3. The average molecular weight is 335 g/mol. The lowest BCUT2D eigenvalue weighted by Gasteiger charge is -2.10. The molecule has 0 bridgehead atoms. The van der Waals surface area contributed by atoms with E-state index in [-0.39, 0.29) is 23.5 Å². The van der Waals surface area contributed by atoms with E-state index in [1.807, 2.05) is 0 Å². The van der Waals surface area contributed by atoms with Gasteiger partial charge in [0.15, 0.2) is 0 Å². The summed E-state index contributed by atoms with van der Waals surface area (Å²) in [6.45, 7) is 0.00944. The van der Waals surface area contributed by atoms with Crippen LogP contribution in [-0.4, -0.2) is 20.2 Å². The van der Waals surface area contributed by atoms with Gasteiger partial charge in [-0.15, -0.1) is 0 Å². The molecule has 0 fully saturated rings. The van der Waals surface area contributed by atoms with Gasteiger partial charge in [0.2, 0.25) is 21.8 Å². The Kier molecular flexibility index (Phi) is 3.89. The quantitative estimate of drug-likeness (QED) is 0.722. The number of carbonyl (C=O) groups is 2. The fourth-order valence-electron chi connectivity index (χ4n) is 2.10. The Morgan fingerprint density at radius 1 is 1.09 bits per heavy atom. The van der Waals surface area contributed by atoms with E-state index in [0.717, 1.165) is 0 Å². The van der Waals surface area contributed by atoms with Crippen LogP contribution in [0.4, 0.5) is 11.4 Å². The van der Waals surface area contributed by atoms with Crippen LogP contribution in [-0.2, 0) is 26.2 Å². The SMILES string of the molecule is O=C1CC(=O)Nc2cc(S(=O)(=O)NCc3ccco3)ccc2N1. The number of fused-ring (bicyclic) bond motifs is 1. The van der Waals surface area contributed by atoms with Crippen molar-refractivity contribution >= 4 is 33.2 Å². The fourth-order valence-corrected chi connectivity index (χ4v) is 3.12. The predicted molar refractivity (Wildman–Crippen MR) is 81.1 cm³/mol. The molecule has 2 heterocycles. The molecule has 8 nitrogen and oxygen atoms in total. The highest BCUT2D eigenvalue weighted by atomic mass is 32.2. The van der Waals surface area contributed by atoms with Crippen LogP contribution in [0.1, 0.15) is 12.2 Å². The summed E-state index contributed by atoms with van der Waals surface area (Å²) < 4.78 is 32.0. The lowest BCUT2D eigenvalue weighted by molar-refractivity contribution is -0.123. The molecule has 1 aliphatic heterocycles. The topological polar surface area (TPSA) is 118 Å². The number of rotatable bonds is 4. The van der Waals surface area contributed by atoms with Gasteiger partial charge in [0.05, 0.1) is 29.1 Å². The van der Waals surface area contributed by atoms with Crippen molar-refractivity contribution in [3.63, 3.8) is 0 Å². The molecule has 1 aromatic carbocycles. The molecule has 23 heavy (non-hydrogen) atoms. The second kappa shape index (κ2) is 5.86. The molecule has 0 aliphatic carbocycles. The Bertz CT molecular complexity index is 859. The van der Waals surface area contributed by atoms with E-state index in [9.17, 15) is 18.0 Å². The third-order valence-corrected chi connectivity index (χ3v) is 4.59. The molecule has 3 rings (SSSR count). The molecule has 0 radical (unpaired) electrons. The first-order chi connectivity index (χ1) is 10.9. The van der Waals surface area contributed by atoms with E-state index in [1.165, 1.54) is 24.5 Å². The van der Waals surface area contributed by atoms with E-state index in [2.05, 4.69) is 15.4 Å². The molecule has 0 unspecified atom stereocenters. The highest BCUT2D eigenvalue weighted by Crippen LogP contribution is 2.27. The molecule has 0 saturated carbocycles. The molecule has 0 saturated heterocycles. The molecule has 2 aromatic rings. The molecule has 1 aliphatic rings. The second-order valence-corrected chi connectivity index (χ2v) is 6.65. The fraction of sp³-hybridized carbons (Fsp3) is 0.143. The number of amides is 2. The van der Waals surface area contributed by atoms with Gasteiger partial charge in [-0.05, 0) is 30.3 Å². The maximum Gasteiger partial charge on any atom is 0.241 e. The highest BCUT2D eigenvalue weighted by molar-refractivity contribution is 7.89. The average Bonchev–Trinajstić information content (AvgIpc) is 2.95. The maximum atomic E-state index is 12.3. The van der Waals surface area contributed by atoms with Crippen LogP contribution < -0.4 is 15.4 Å². The molecule has 0 atom stereocenters. The minimum absolute atomic E-state index is 0.00944. The third-order valence-electron chi connectivity index (χ3n) is 3.19.